The Balaban J connectivity index is 1.27. The molecule has 2 aromatic heterocycles. The van der Waals surface area contributed by atoms with Crippen LogP contribution in [0.1, 0.15) is 33.4 Å². The van der Waals surface area contributed by atoms with E-state index in [0.717, 1.165) is 45.6 Å². The first-order valence-corrected chi connectivity index (χ1v) is 13.6. The zero-order valence-corrected chi connectivity index (χ0v) is 20.5. The highest BCUT2D eigenvalue weighted by Crippen LogP contribution is 2.30. The van der Waals surface area contributed by atoms with Crippen molar-refractivity contribution in [1.29, 1.82) is 0 Å². The van der Waals surface area contributed by atoms with E-state index < -0.39 is 0 Å². The fraction of sp³-hybridized carbons (Fsp3) is 0.214. The van der Waals surface area contributed by atoms with Crippen molar-refractivity contribution in [2.24, 2.45) is 0 Å². The van der Waals surface area contributed by atoms with Gasteiger partial charge in [0.25, 0.3) is 0 Å². The summed E-state index contributed by atoms with van der Waals surface area (Å²) in [6.07, 6.45) is 7.24. The van der Waals surface area contributed by atoms with Crippen molar-refractivity contribution >= 4 is 23.5 Å². The van der Waals surface area contributed by atoms with Crippen LogP contribution < -0.4 is 9.47 Å². The Morgan fingerprint density at radius 2 is 1.12 bits per heavy atom. The SMILES string of the molecule is c1cncc(COc2cc3cc(c2)CSCc2cc(cc(OCc4ccncc4)c2)CSC3)c1. The Morgan fingerprint density at radius 3 is 1.62 bits per heavy atom. The fourth-order valence-electron chi connectivity index (χ4n) is 3.83. The summed E-state index contributed by atoms with van der Waals surface area (Å²) in [5, 5.41) is 0. The number of thioether (sulfide) groups is 2. The van der Waals surface area contributed by atoms with Crippen molar-refractivity contribution in [2.45, 2.75) is 36.2 Å². The third-order valence-electron chi connectivity index (χ3n) is 5.41. The Kier molecular flexibility index (Phi) is 7.68. The maximum atomic E-state index is 6.13. The highest BCUT2D eigenvalue weighted by molar-refractivity contribution is 7.98. The van der Waals surface area contributed by atoms with Gasteiger partial charge in [-0.25, -0.2) is 0 Å². The van der Waals surface area contributed by atoms with Gasteiger partial charge in [0.15, 0.2) is 0 Å². The second-order valence-electron chi connectivity index (χ2n) is 8.25. The summed E-state index contributed by atoms with van der Waals surface area (Å²) in [4.78, 5) is 8.25. The molecule has 2 aromatic carbocycles. The van der Waals surface area contributed by atoms with E-state index in [-0.39, 0.29) is 0 Å². The van der Waals surface area contributed by atoms with Crippen LogP contribution in [0.15, 0.2) is 85.5 Å². The summed E-state index contributed by atoms with van der Waals surface area (Å²) in [5.74, 6) is 5.64. The van der Waals surface area contributed by atoms with Gasteiger partial charge in [-0.05, 0) is 70.3 Å². The molecule has 0 unspecified atom stereocenters. The number of benzene rings is 2. The molecule has 6 heteroatoms. The average Bonchev–Trinajstić information content (AvgIpc) is 2.87. The molecule has 4 nitrogen and oxygen atoms in total. The molecule has 0 saturated carbocycles. The van der Waals surface area contributed by atoms with E-state index >= 15 is 0 Å². The molecule has 3 heterocycles. The minimum Gasteiger partial charge on any atom is -0.489 e. The Hall–Kier alpha value is -2.96. The quantitative estimate of drug-likeness (QED) is 0.298. The molecule has 34 heavy (non-hydrogen) atoms. The number of pyridine rings is 2. The van der Waals surface area contributed by atoms with Crippen LogP contribution in [0.2, 0.25) is 0 Å². The predicted octanol–water partition coefficient (Wildman–Crippen LogP) is 6.81. The molecule has 4 bridgehead atoms. The summed E-state index contributed by atoms with van der Waals surface area (Å²) in [7, 11) is 0. The number of hydrogen-bond donors (Lipinski definition) is 0. The predicted molar refractivity (Wildman–Crippen MR) is 140 cm³/mol. The highest BCUT2D eigenvalue weighted by Gasteiger charge is 2.09. The third kappa shape index (κ3) is 6.55. The van der Waals surface area contributed by atoms with Crippen molar-refractivity contribution < 1.29 is 9.47 Å². The molecule has 0 spiro atoms. The normalized spacial score (nSPS) is 13.4. The molecule has 0 amide bonds. The van der Waals surface area contributed by atoms with Crippen molar-refractivity contribution in [3.8, 4) is 11.5 Å². The van der Waals surface area contributed by atoms with Crippen molar-refractivity contribution in [3.63, 3.8) is 0 Å². The number of rotatable bonds is 6. The first-order chi connectivity index (χ1) is 16.8. The van der Waals surface area contributed by atoms with Crippen LogP contribution in [0.4, 0.5) is 0 Å². The van der Waals surface area contributed by atoms with E-state index in [1.165, 1.54) is 22.3 Å². The van der Waals surface area contributed by atoms with E-state index in [1.807, 2.05) is 54.0 Å². The zero-order valence-electron chi connectivity index (χ0n) is 18.9. The van der Waals surface area contributed by atoms with Crippen LogP contribution >= 0.6 is 23.5 Å². The molecule has 0 fully saturated rings. The van der Waals surface area contributed by atoms with Crippen molar-refractivity contribution in [3.05, 3.63) is 119 Å². The zero-order chi connectivity index (χ0) is 23.0. The number of fused-ring (bicyclic) bond motifs is 4. The molecule has 0 radical (unpaired) electrons. The Bertz CT molecular complexity index is 1080. The fourth-order valence-corrected chi connectivity index (χ4v) is 5.64. The second kappa shape index (κ2) is 11.4. The van der Waals surface area contributed by atoms with Gasteiger partial charge in [0, 0.05) is 53.4 Å². The van der Waals surface area contributed by atoms with Gasteiger partial charge < -0.3 is 9.47 Å². The largest absolute Gasteiger partial charge is 0.489 e. The van der Waals surface area contributed by atoms with Gasteiger partial charge in [-0.15, -0.1) is 0 Å². The van der Waals surface area contributed by atoms with Gasteiger partial charge in [-0.1, -0.05) is 18.2 Å². The molecular weight excluding hydrogens is 460 g/mol. The van der Waals surface area contributed by atoms with Crippen LogP contribution in [0.5, 0.6) is 11.5 Å². The third-order valence-corrected chi connectivity index (χ3v) is 7.56. The first kappa shape index (κ1) is 22.8. The first-order valence-electron chi connectivity index (χ1n) is 11.2. The lowest BCUT2D eigenvalue weighted by atomic mass is 10.1. The second-order valence-corrected chi connectivity index (χ2v) is 10.2. The van der Waals surface area contributed by atoms with Gasteiger partial charge in [0.1, 0.15) is 24.7 Å². The molecule has 0 atom stereocenters. The molecule has 0 aliphatic carbocycles. The lowest BCUT2D eigenvalue weighted by Gasteiger charge is -2.15. The van der Waals surface area contributed by atoms with E-state index in [0.29, 0.717) is 13.2 Å². The van der Waals surface area contributed by atoms with Gasteiger partial charge in [0.05, 0.1) is 0 Å². The highest BCUT2D eigenvalue weighted by atomic mass is 32.2. The van der Waals surface area contributed by atoms with Crippen LogP contribution in [0, 0.1) is 0 Å². The Labute approximate surface area is 209 Å². The van der Waals surface area contributed by atoms with Gasteiger partial charge in [0.2, 0.25) is 0 Å². The topological polar surface area (TPSA) is 44.2 Å². The number of ether oxygens (including phenoxy) is 2. The van der Waals surface area contributed by atoms with Crippen molar-refractivity contribution in [1.82, 2.24) is 9.97 Å². The Morgan fingerprint density at radius 1 is 0.588 bits per heavy atom. The maximum absolute atomic E-state index is 6.13. The summed E-state index contributed by atoms with van der Waals surface area (Å²) < 4.78 is 12.2. The van der Waals surface area contributed by atoms with Crippen LogP contribution in [0.3, 0.4) is 0 Å². The molecule has 1 aliphatic rings. The standard InChI is InChI=1S/C28H26N2O2S2/c1-2-22(14-30-5-1)16-32-28-12-25-9-26(13-28)20-34-18-24-8-23(17-33-19-25)10-27(11-24)31-15-21-3-6-29-7-4-21/h1-14H,15-20H2. The van der Waals surface area contributed by atoms with E-state index in [1.54, 1.807) is 18.6 Å². The molecule has 4 aromatic rings. The number of nitrogens with zero attached hydrogens (tertiary/aromatic N) is 2. The lowest BCUT2D eigenvalue weighted by Crippen LogP contribution is -1.99. The van der Waals surface area contributed by atoms with Crippen LogP contribution in [-0.2, 0) is 36.2 Å². The molecule has 0 N–H and O–H groups in total. The summed E-state index contributed by atoms with van der Waals surface area (Å²) in [6, 6.07) is 21.3. The number of hydrogen-bond acceptors (Lipinski definition) is 6. The maximum Gasteiger partial charge on any atom is 0.120 e. The summed E-state index contributed by atoms with van der Waals surface area (Å²) in [6.45, 7) is 1.09. The molecule has 1 aliphatic heterocycles. The van der Waals surface area contributed by atoms with Gasteiger partial charge in [-0.3, -0.25) is 9.97 Å². The minimum atomic E-state index is 0.532. The van der Waals surface area contributed by atoms with Gasteiger partial charge >= 0.3 is 0 Å². The lowest BCUT2D eigenvalue weighted by molar-refractivity contribution is 0.305. The van der Waals surface area contributed by atoms with Crippen LogP contribution in [0.25, 0.3) is 0 Å². The summed E-state index contributed by atoms with van der Waals surface area (Å²) >= 11 is 3.84. The van der Waals surface area contributed by atoms with Crippen molar-refractivity contribution in [2.75, 3.05) is 0 Å². The molecule has 0 saturated heterocycles. The molecule has 172 valence electrons. The molecular formula is C28H26N2O2S2. The average molecular weight is 487 g/mol. The monoisotopic (exact) mass is 486 g/mol. The van der Waals surface area contributed by atoms with Crippen LogP contribution in [-0.4, -0.2) is 9.97 Å². The number of aromatic nitrogens is 2. The van der Waals surface area contributed by atoms with E-state index in [4.69, 9.17) is 9.47 Å². The van der Waals surface area contributed by atoms with E-state index in [9.17, 15) is 0 Å². The summed E-state index contributed by atoms with van der Waals surface area (Å²) in [5.41, 5.74) is 7.41. The smallest absolute Gasteiger partial charge is 0.120 e. The molecule has 5 rings (SSSR count). The van der Waals surface area contributed by atoms with E-state index in [2.05, 4.69) is 46.4 Å². The minimum absolute atomic E-state index is 0.532. The van der Waals surface area contributed by atoms with Gasteiger partial charge in [-0.2, -0.15) is 23.5 Å².